The van der Waals surface area contributed by atoms with Crippen LogP contribution in [0.2, 0.25) is 0 Å². The predicted octanol–water partition coefficient (Wildman–Crippen LogP) is 2.10. The topological polar surface area (TPSA) is 66.9 Å². The third-order valence-electron chi connectivity index (χ3n) is 5.15. The first-order chi connectivity index (χ1) is 14.1. The summed E-state index contributed by atoms with van der Waals surface area (Å²) in [5.41, 5.74) is 1.86. The van der Waals surface area contributed by atoms with Crippen molar-refractivity contribution >= 4 is 11.7 Å². The van der Waals surface area contributed by atoms with E-state index in [9.17, 15) is 4.79 Å². The number of benzene rings is 1. The van der Waals surface area contributed by atoms with E-state index in [2.05, 4.69) is 27.1 Å². The van der Waals surface area contributed by atoms with Gasteiger partial charge in [-0.25, -0.2) is 4.98 Å². The van der Waals surface area contributed by atoms with Gasteiger partial charge in [0, 0.05) is 32.4 Å². The fourth-order valence-electron chi connectivity index (χ4n) is 3.42. The highest BCUT2D eigenvalue weighted by Crippen LogP contribution is 2.27. The number of hydrogen-bond acceptors (Lipinski definition) is 6. The van der Waals surface area contributed by atoms with Crippen LogP contribution in [0.5, 0.6) is 11.5 Å². The van der Waals surface area contributed by atoms with Crippen LogP contribution in [0.1, 0.15) is 17.5 Å². The van der Waals surface area contributed by atoms with Gasteiger partial charge in [-0.3, -0.25) is 4.79 Å². The fraction of sp³-hybridized carbons (Fsp3) is 0.455. The highest BCUT2D eigenvalue weighted by atomic mass is 16.5. The van der Waals surface area contributed by atoms with Crippen LogP contribution < -0.4 is 19.7 Å². The number of likely N-dealkylation sites (N-methyl/N-ethyl adjacent to an activating group) is 1. The van der Waals surface area contributed by atoms with E-state index in [1.807, 2.05) is 36.5 Å². The monoisotopic (exact) mass is 398 g/mol. The van der Waals surface area contributed by atoms with Crippen molar-refractivity contribution in [2.45, 2.75) is 19.4 Å². The van der Waals surface area contributed by atoms with Gasteiger partial charge in [0.1, 0.15) is 5.82 Å². The van der Waals surface area contributed by atoms with E-state index < -0.39 is 0 Å². The van der Waals surface area contributed by atoms with Gasteiger partial charge in [-0.05, 0) is 49.3 Å². The summed E-state index contributed by atoms with van der Waals surface area (Å²) >= 11 is 0. The highest BCUT2D eigenvalue weighted by Gasteiger charge is 2.13. The third-order valence-corrected chi connectivity index (χ3v) is 5.15. The molecule has 1 aliphatic rings. The van der Waals surface area contributed by atoms with Crippen molar-refractivity contribution in [3.05, 3.63) is 47.7 Å². The van der Waals surface area contributed by atoms with Crippen molar-refractivity contribution < 1.29 is 14.3 Å². The summed E-state index contributed by atoms with van der Waals surface area (Å²) in [4.78, 5) is 21.6. The lowest BCUT2D eigenvalue weighted by Gasteiger charge is -2.21. The fourth-order valence-corrected chi connectivity index (χ4v) is 3.42. The van der Waals surface area contributed by atoms with Gasteiger partial charge in [0.25, 0.3) is 0 Å². The number of hydrogen-bond donors (Lipinski definition) is 1. The van der Waals surface area contributed by atoms with Gasteiger partial charge in [0.15, 0.2) is 11.5 Å². The molecule has 7 nitrogen and oxygen atoms in total. The Bertz CT molecular complexity index is 810. The van der Waals surface area contributed by atoms with Crippen molar-refractivity contribution in [3.63, 3.8) is 0 Å². The van der Waals surface area contributed by atoms with E-state index in [4.69, 9.17) is 9.47 Å². The first kappa shape index (κ1) is 20.9. The molecule has 3 rings (SSSR count). The van der Waals surface area contributed by atoms with Crippen molar-refractivity contribution in [3.8, 4) is 11.5 Å². The average molecular weight is 399 g/mol. The Morgan fingerprint density at radius 3 is 2.55 bits per heavy atom. The van der Waals surface area contributed by atoms with E-state index in [-0.39, 0.29) is 12.3 Å². The molecule has 0 atom stereocenters. The lowest BCUT2D eigenvalue weighted by atomic mass is 10.1. The number of methoxy groups -OCH3 is 2. The maximum absolute atomic E-state index is 12.3. The van der Waals surface area contributed by atoms with Crippen LogP contribution in [0.4, 0.5) is 5.82 Å². The van der Waals surface area contributed by atoms with Gasteiger partial charge in [-0.2, -0.15) is 0 Å². The molecule has 0 spiro atoms. The van der Waals surface area contributed by atoms with Crippen LogP contribution in [0.15, 0.2) is 36.5 Å². The number of pyridine rings is 1. The second-order valence-corrected chi connectivity index (χ2v) is 7.31. The molecule has 1 saturated heterocycles. The summed E-state index contributed by atoms with van der Waals surface area (Å²) in [6.07, 6.45) is 3.28. The van der Waals surface area contributed by atoms with Crippen LogP contribution >= 0.6 is 0 Å². The van der Waals surface area contributed by atoms with Gasteiger partial charge in [-0.15, -0.1) is 0 Å². The minimum absolute atomic E-state index is 0.0446. The maximum Gasteiger partial charge on any atom is 0.224 e. The smallest absolute Gasteiger partial charge is 0.224 e. The van der Waals surface area contributed by atoms with Crippen molar-refractivity contribution in [1.29, 1.82) is 0 Å². The second kappa shape index (κ2) is 10.1. The first-order valence-electron chi connectivity index (χ1n) is 9.95. The molecule has 1 N–H and O–H groups in total. The lowest BCUT2D eigenvalue weighted by Crippen LogP contribution is -2.29. The van der Waals surface area contributed by atoms with Crippen LogP contribution in [0.3, 0.4) is 0 Å². The maximum atomic E-state index is 12.3. The van der Waals surface area contributed by atoms with Gasteiger partial charge in [0.05, 0.1) is 20.6 Å². The van der Waals surface area contributed by atoms with Crippen molar-refractivity contribution in [2.24, 2.45) is 0 Å². The SMILES string of the molecule is COc1ccc(CC(=O)NCc2ccc(N3CCCN(C)CC3)nc2)cc1OC. The minimum atomic E-state index is -0.0446. The third kappa shape index (κ3) is 5.84. The number of nitrogens with zero attached hydrogens (tertiary/aromatic N) is 3. The largest absolute Gasteiger partial charge is 0.493 e. The summed E-state index contributed by atoms with van der Waals surface area (Å²) < 4.78 is 10.5. The van der Waals surface area contributed by atoms with Crippen LogP contribution in [-0.4, -0.2) is 63.2 Å². The number of carbonyl (C=O) groups excluding carboxylic acids is 1. The Labute approximate surface area is 172 Å². The molecule has 29 heavy (non-hydrogen) atoms. The van der Waals surface area contributed by atoms with Gasteiger partial charge in [-0.1, -0.05) is 12.1 Å². The van der Waals surface area contributed by atoms with Gasteiger partial charge >= 0.3 is 0 Å². The number of carbonyl (C=O) groups is 1. The summed E-state index contributed by atoms with van der Waals surface area (Å²) in [6.45, 7) is 4.65. The molecule has 2 aromatic rings. The van der Waals surface area contributed by atoms with E-state index >= 15 is 0 Å². The number of anilines is 1. The first-order valence-corrected chi connectivity index (χ1v) is 9.95. The quantitative estimate of drug-likeness (QED) is 0.771. The average Bonchev–Trinajstić information content (AvgIpc) is 2.97. The molecule has 1 aromatic carbocycles. The molecule has 1 aromatic heterocycles. The van der Waals surface area contributed by atoms with E-state index in [0.717, 1.165) is 49.5 Å². The van der Waals surface area contributed by atoms with E-state index in [0.29, 0.717) is 18.0 Å². The molecular weight excluding hydrogens is 368 g/mol. The Morgan fingerprint density at radius 2 is 1.83 bits per heavy atom. The molecule has 0 radical (unpaired) electrons. The zero-order valence-corrected chi connectivity index (χ0v) is 17.5. The van der Waals surface area contributed by atoms with Gasteiger partial charge < -0.3 is 24.6 Å². The van der Waals surface area contributed by atoms with Crippen molar-refractivity contribution in [1.82, 2.24) is 15.2 Å². The van der Waals surface area contributed by atoms with Crippen LogP contribution in [-0.2, 0) is 17.8 Å². The lowest BCUT2D eigenvalue weighted by molar-refractivity contribution is -0.120. The summed E-state index contributed by atoms with van der Waals surface area (Å²) in [5.74, 6) is 2.23. The summed E-state index contributed by atoms with van der Waals surface area (Å²) in [5, 5.41) is 2.96. The Hall–Kier alpha value is -2.80. The predicted molar refractivity (Wildman–Crippen MR) is 114 cm³/mol. The van der Waals surface area contributed by atoms with E-state index in [1.54, 1.807) is 14.2 Å². The molecule has 0 saturated carbocycles. The van der Waals surface area contributed by atoms with Crippen LogP contribution in [0, 0.1) is 0 Å². The minimum Gasteiger partial charge on any atom is -0.493 e. The number of aromatic nitrogens is 1. The second-order valence-electron chi connectivity index (χ2n) is 7.31. The zero-order chi connectivity index (χ0) is 20.6. The highest BCUT2D eigenvalue weighted by molar-refractivity contribution is 5.78. The Morgan fingerprint density at radius 1 is 1.03 bits per heavy atom. The molecule has 7 heteroatoms. The molecular formula is C22H30N4O3. The van der Waals surface area contributed by atoms with Crippen molar-refractivity contribution in [2.75, 3.05) is 52.3 Å². The summed E-state index contributed by atoms with van der Waals surface area (Å²) in [7, 11) is 5.34. The molecule has 0 bridgehead atoms. The normalized spacial score (nSPS) is 14.9. The number of amides is 1. The molecule has 156 valence electrons. The van der Waals surface area contributed by atoms with Crippen LogP contribution in [0.25, 0.3) is 0 Å². The molecule has 2 heterocycles. The number of nitrogens with one attached hydrogen (secondary N) is 1. The van der Waals surface area contributed by atoms with E-state index in [1.165, 1.54) is 0 Å². The standard InChI is InChI=1S/C22H30N4O3/c1-25-9-4-10-26(12-11-25)21-8-6-18(15-23-21)16-24-22(27)14-17-5-7-19(28-2)20(13-17)29-3/h5-8,13,15H,4,9-12,14,16H2,1-3H3,(H,24,27). The number of ether oxygens (including phenoxy) is 2. The molecule has 1 amide bonds. The van der Waals surface area contributed by atoms with Gasteiger partial charge in [0.2, 0.25) is 5.91 Å². The zero-order valence-electron chi connectivity index (χ0n) is 17.5. The Kier molecular flexibility index (Phi) is 7.30. The molecule has 0 unspecified atom stereocenters. The molecule has 1 aliphatic heterocycles. The Balaban J connectivity index is 1.51. The summed E-state index contributed by atoms with van der Waals surface area (Å²) in [6, 6.07) is 9.59. The number of rotatable bonds is 7. The molecule has 1 fully saturated rings. The molecule has 0 aliphatic carbocycles.